The molecule has 0 aliphatic carbocycles. The lowest BCUT2D eigenvalue weighted by Crippen LogP contribution is -2.44. The van der Waals surface area contributed by atoms with Crippen molar-refractivity contribution < 1.29 is 9.21 Å². The lowest BCUT2D eigenvalue weighted by atomic mass is 10.1. The van der Waals surface area contributed by atoms with Crippen LogP contribution in [-0.4, -0.2) is 18.0 Å². The molecule has 2 N–H and O–H groups in total. The van der Waals surface area contributed by atoms with Gasteiger partial charge in [-0.05, 0) is 38.4 Å². The van der Waals surface area contributed by atoms with Gasteiger partial charge in [-0.15, -0.1) is 0 Å². The van der Waals surface area contributed by atoms with Crippen LogP contribution >= 0.6 is 11.6 Å². The maximum absolute atomic E-state index is 11.7. The maximum atomic E-state index is 11.7. The topological polar surface area (TPSA) is 54.3 Å². The number of para-hydroxylation sites is 1. The van der Waals surface area contributed by atoms with Crippen LogP contribution in [0.25, 0.3) is 11.0 Å². The Morgan fingerprint density at radius 2 is 2.00 bits per heavy atom. The van der Waals surface area contributed by atoms with Crippen LogP contribution in [0.4, 0.5) is 0 Å². The van der Waals surface area contributed by atoms with Crippen molar-refractivity contribution in [3.05, 3.63) is 35.0 Å². The number of halogens is 1. The van der Waals surface area contributed by atoms with Crippen molar-refractivity contribution in [1.29, 1.82) is 0 Å². The molecule has 1 aromatic heterocycles. The molecule has 0 unspecified atom stereocenters. The molecular formula is C15H19ClN2O2. The highest BCUT2D eigenvalue weighted by atomic mass is 35.5. The van der Waals surface area contributed by atoms with E-state index >= 15 is 0 Å². The van der Waals surface area contributed by atoms with Gasteiger partial charge in [-0.1, -0.05) is 18.2 Å². The number of benzene rings is 1. The molecule has 0 atom stereocenters. The van der Waals surface area contributed by atoms with Crippen molar-refractivity contribution in [2.45, 2.75) is 32.9 Å². The molecule has 20 heavy (non-hydrogen) atoms. The summed E-state index contributed by atoms with van der Waals surface area (Å²) < 4.78 is 5.46. The molecule has 1 heterocycles. The highest BCUT2D eigenvalue weighted by Crippen LogP contribution is 2.29. The molecule has 2 aromatic rings. The number of hydrogen-bond acceptors (Lipinski definition) is 3. The first kappa shape index (κ1) is 14.9. The van der Waals surface area contributed by atoms with E-state index in [1.807, 2.05) is 45.0 Å². The van der Waals surface area contributed by atoms with Crippen LogP contribution in [0.2, 0.25) is 5.22 Å². The van der Waals surface area contributed by atoms with E-state index in [1.54, 1.807) is 0 Å². The number of rotatable bonds is 4. The average Bonchev–Trinajstić information content (AvgIpc) is 2.64. The monoisotopic (exact) mass is 294 g/mol. The molecule has 0 bridgehead atoms. The fraction of sp³-hybridized carbons (Fsp3) is 0.400. The number of fused-ring (bicyclic) bond motifs is 1. The molecule has 0 spiro atoms. The zero-order valence-corrected chi connectivity index (χ0v) is 12.7. The third-order valence-corrected chi connectivity index (χ3v) is 3.06. The summed E-state index contributed by atoms with van der Waals surface area (Å²) in [4.78, 5) is 11.7. The molecule has 2 rings (SSSR count). The second-order valence-electron chi connectivity index (χ2n) is 5.75. The van der Waals surface area contributed by atoms with Gasteiger partial charge in [0.15, 0.2) is 5.22 Å². The van der Waals surface area contributed by atoms with Crippen molar-refractivity contribution in [2.75, 3.05) is 6.54 Å². The smallest absolute Gasteiger partial charge is 0.234 e. The SMILES string of the molecule is CC(C)(C)NC(=O)CNCc1c(Cl)oc2ccccc12. The minimum atomic E-state index is -0.223. The molecule has 108 valence electrons. The summed E-state index contributed by atoms with van der Waals surface area (Å²) >= 11 is 6.08. The summed E-state index contributed by atoms with van der Waals surface area (Å²) in [6, 6.07) is 7.66. The lowest BCUT2D eigenvalue weighted by molar-refractivity contribution is -0.121. The van der Waals surface area contributed by atoms with E-state index in [0.29, 0.717) is 11.8 Å². The fourth-order valence-corrected chi connectivity index (χ4v) is 2.25. The Kier molecular flexibility index (Phi) is 4.35. The van der Waals surface area contributed by atoms with Gasteiger partial charge in [0.2, 0.25) is 5.91 Å². The zero-order chi connectivity index (χ0) is 14.8. The van der Waals surface area contributed by atoms with Gasteiger partial charge < -0.3 is 15.1 Å². The Hall–Kier alpha value is -1.52. The number of furan rings is 1. The zero-order valence-electron chi connectivity index (χ0n) is 11.9. The van der Waals surface area contributed by atoms with Crippen LogP contribution < -0.4 is 10.6 Å². The second kappa shape index (κ2) is 5.85. The Balaban J connectivity index is 1.96. The van der Waals surface area contributed by atoms with E-state index in [9.17, 15) is 4.79 Å². The van der Waals surface area contributed by atoms with Crippen LogP contribution in [0.15, 0.2) is 28.7 Å². The molecular weight excluding hydrogens is 276 g/mol. The average molecular weight is 295 g/mol. The Bertz CT molecular complexity index is 614. The van der Waals surface area contributed by atoms with E-state index < -0.39 is 0 Å². The molecule has 5 heteroatoms. The molecule has 0 aliphatic rings. The van der Waals surface area contributed by atoms with Gasteiger partial charge >= 0.3 is 0 Å². The van der Waals surface area contributed by atoms with Crippen LogP contribution in [0.5, 0.6) is 0 Å². The summed E-state index contributed by atoms with van der Waals surface area (Å²) in [7, 11) is 0. The van der Waals surface area contributed by atoms with Crippen LogP contribution in [-0.2, 0) is 11.3 Å². The van der Waals surface area contributed by atoms with Gasteiger partial charge in [0, 0.05) is 23.0 Å². The van der Waals surface area contributed by atoms with Gasteiger partial charge in [0.1, 0.15) is 5.58 Å². The Labute approximate surface area is 123 Å². The van der Waals surface area contributed by atoms with Gasteiger partial charge in [0.05, 0.1) is 6.54 Å². The summed E-state index contributed by atoms with van der Waals surface area (Å²) in [5.41, 5.74) is 1.41. The third-order valence-electron chi connectivity index (χ3n) is 2.75. The predicted molar refractivity (Wildman–Crippen MR) is 80.8 cm³/mol. The number of nitrogens with one attached hydrogen (secondary N) is 2. The minimum Gasteiger partial charge on any atom is -0.444 e. The summed E-state index contributed by atoms with van der Waals surface area (Å²) in [6.45, 7) is 6.59. The molecule has 0 aliphatic heterocycles. The molecule has 1 aromatic carbocycles. The van der Waals surface area contributed by atoms with Crippen LogP contribution in [0.3, 0.4) is 0 Å². The van der Waals surface area contributed by atoms with Gasteiger partial charge in [-0.25, -0.2) is 0 Å². The second-order valence-corrected chi connectivity index (χ2v) is 6.10. The first-order chi connectivity index (χ1) is 9.37. The molecule has 0 saturated heterocycles. The van der Waals surface area contributed by atoms with Crippen molar-refractivity contribution in [1.82, 2.24) is 10.6 Å². The van der Waals surface area contributed by atoms with E-state index in [1.165, 1.54) is 0 Å². The standard InChI is InChI=1S/C15H19ClN2O2/c1-15(2,3)18-13(19)9-17-8-11-10-6-4-5-7-12(10)20-14(11)16/h4-7,17H,8-9H2,1-3H3,(H,18,19). The molecule has 0 radical (unpaired) electrons. The van der Waals surface area contributed by atoms with Crippen LogP contribution in [0.1, 0.15) is 26.3 Å². The molecule has 4 nitrogen and oxygen atoms in total. The fourth-order valence-electron chi connectivity index (χ4n) is 2.00. The lowest BCUT2D eigenvalue weighted by Gasteiger charge is -2.20. The summed E-state index contributed by atoms with van der Waals surface area (Å²) in [5.74, 6) is -0.0403. The minimum absolute atomic E-state index is 0.0403. The molecule has 0 fully saturated rings. The summed E-state index contributed by atoms with van der Waals surface area (Å²) in [6.07, 6.45) is 0. The largest absolute Gasteiger partial charge is 0.444 e. The number of hydrogen-bond donors (Lipinski definition) is 2. The third kappa shape index (κ3) is 3.74. The van der Waals surface area contributed by atoms with E-state index in [-0.39, 0.29) is 18.0 Å². The van der Waals surface area contributed by atoms with Crippen molar-refractivity contribution in [3.63, 3.8) is 0 Å². The van der Waals surface area contributed by atoms with Gasteiger partial charge in [0.25, 0.3) is 0 Å². The maximum Gasteiger partial charge on any atom is 0.234 e. The first-order valence-corrected chi connectivity index (χ1v) is 6.92. The first-order valence-electron chi connectivity index (χ1n) is 6.54. The highest BCUT2D eigenvalue weighted by Gasteiger charge is 2.15. The molecule has 0 saturated carbocycles. The van der Waals surface area contributed by atoms with Crippen molar-refractivity contribution in [3.8, 4) is 0 Å². The molecule has 1 amide bonds. The van der Waals surface area contributed by atoms with Crippen LogP contribution in [0, 0.1) is 0 Å². The Morgan fingerprint density at radius 1 is 1.30 bits per heavy atom. The van der Waals surface area contributed by atoms with Gasteiger partial charge in [-0.3, -0.25) is 4.79 Å². The highest BCUT2D eigenvalue weighted by molar-refractivity contribution is 6.30. The Morgan fingerprint density at radius 3 is 2.70 bits per heavy atom. The number of carbonyl (C=O) groups excluding carboxylic acids is 1. The quantitative estimate of drug-likeness (QED) is 0.911. The van der Waals surface area contributed by atoms with E-state index in [2.05, 4.69) is 10.6 Å². The van der Waals surface area contributed by atoms with E-state index in [0.717, 1.165) is 16.5 Å². The number of amides is 1. The summed E-state index contributed by atoms with van der Waals surface area (Å²) in [5, 5.41) is 7.32. The predicted octanol–water partition coefficient (Wildman–Crippen LogP) is 3.09. The van der Waals surface area contributed by atoms with Crippen molar-refractivity contribution in [2.24, 2.45) is 0 Å². The van der Waals surface area contributed by atoms with Crippen molar-refractivity contribution >= 4 is 28.5 Å². The normalized spacial score (nSPS) is 11.8. The number of carbonyl (C=O) groups is 1. The van der Waals surface area contributed by atoms with Gasteiger partial charge in [-0.2, -0.15) is 0 Å². The van der Waals surface area contributed by atoms with E-state index in [4.69, 9.17) is 16.0 Å².